The molecule has 2 atom stereocenters. The minimum Gasteiger partial charge on any atom is -0.450 e. The number of carbonyl (C=O) groups excluding carboxylic acids is 3. The van der Waals surface area contributed by atoms with Crippen LogP contribution in [0, 0.1) is 5.41 Å². The molecule has 8 nitrogen and oxygen atoms in total. The number of ether oxygens (including phenoxy) is 1. The number of alkyl carbamates (subject to hydrolysis) is 1. The van der Waals surface area contributed by atoms with Gasteiger partial charge in [-0.05, 0) is 18.9 Å². The van der Waals surface area contributed by atoms with Crippen LogP contribution in [-0.2, 0) is 19.4 Å². The van der Waals surface area contributed by atoms with Crippen LogP contribution >= 0.6 is 0 Å². The Morgan fingerprint density at radius 2 is 2.04 bits per heavy atom. The third-order valence-corrected chi connectivity index (χ3v) is 4.44. The molecule has 1 aliphatic rings. The number of benzene rings is 1. The maximum Gasteiger partial charge on any atom is 0.412 e. The summed E-state index contributed by atoms with van der Waals surface area (Å²) in [5, 5.41) is 22.2. The number of aldehydes is 1. The first kappa shape index (κ1) is 20.6. The van der Waals surface area contributed by atoms with E-state index >= 15 is 0 Å². The molecule has 0 bridgehead atoms. The summed E-state index contributed by atoms with van der Waals surface area (Å²) in [5.41, 5.74) is 1.28. The highest BCUT2D eigenvalue weighted by Gasteiger charge is 2.32. The number of nitrogens with one attached hydrogen (secondary N) is 2. The first-order chi connectivity index (χ1) is 13.0. The molecule has 2 N–H and O–H groups in total. The second-order valence-electron chi connectivity index (χ2n) is 6.30. The van der Waals surface area contributed by atoms with E-state index in [1.807, 2.05) is 0 Å². The van der Waals surface area contributed by atoms with Gasteiger partial charge >= 0.3 is 6.09 Å². The molecule has 1 saturated heterocycles. The molecule has 2 unspecified atom stereocenters. The lowest BCUT2D eigenvalue weighted by Gasteiger charge is -2.37. The molecule has 0 aromatic heterocycles. The predicted molar refractivity (Wildman–Crippen MR) is 96.9 cm³/mol. The van der Waals surface area contributed by atoms with E-state index in [4.69, 9.17) is 10.1 Å². The van der Waals surface area contributed by atoms with Gasteiger partial charge in [-0.25, -0.2) is 9.90 Å². The lowest BCUT2D eigenvalue weighted by atomic mass is 9.92. The van der Waals surface area contributed by atoms with E-state index in [1.165, 1.54) is 0 Å². The highest BCUT2D eigenvalue weighted by molar-refractivity contribution is 6.04. The monoisotopic (exact) mass is 374 g/mol. The highest BCUT2D eigenvalue weighted by atomic mass is 16.5. The fourth-order valence-electron chi connectivity index (χ4n) is 3.09. The summed E-state index contributed by atoms with van der Waals surface area (Å²) in [7, 11) is 0. The number of piperidine rings is 1. The average molecular weight is 374 g/mol. The molecule has 1 heterocycles. The number of hydrogen-bond acceptors (Lipinski definition) is 5. The van der Waals surface area contributed by atoms with Crippen molar-refractivity contribution in [3.05, 3.63) is 35.4 Å². The van der Waals surface area contributed by atoms with E-state index in [9.17, 15) is 19.5 Å². The van der Waals surface area contributed by atoms with Gasteiger partial charge in [0.1, 0.15) is 12.1 Å². The number of amidine groups is 1. The largest absolute Gasteiger partial charge is 0.450 e. The lowest BCUT2D eigenvalue weighted by Crippen LogP contribution is -2.42. The van der Waals surface area contributed by atoms with E-state index in [0.29, 0.717) is 31.2 Å². The fourth-order valence-corrected chi connectivity index (χ4v) is 3.09. The Hall–Kier alpha value is -2.74. The third kappa shape index (κ3) is 5.62. The second-order valence-corrected chi connectivity index (χ2v) is 6.30. The molecular formula is C19H24N3O5. The molecule has 27 heavy (non-hydrogen) atoms. The average Bonchev–Trinajstić information content (AvgIpc) is 2.66. The summed E-state index contributed by atoms with van der Waals surface area (Å²) in [6.45, 7) is 2.26. The van der Waals surface area contributed by atoms with Crippen molar-refractivity contribution in [3.8, 4) is 0 Å². The minimum atomic E-state index is -0.742. The Bertz CT molecular complexity index is 689. The van der Waals surface area contributed by atoms with Crippen LogP contribution in [0.25, 0.3) is 0 Å². The zero-order valence-electron chi connectivity index (χ0n) is 15.3. The molecule has 1 radical (unpaired) electrons. The van der Waals surface area contributed by atoms with Crippen LogP contribution in [0.2, 0.25) is 0 Å². The highest BCUT2D eigenvalue weighted by Crippen LogP contribution is 2.32. The van der Waals surface area contributed by atoms with Gasteiger partial charge in [0, 0.05) is 31.4 Å². The summed E-state index contributed by atoms with van der Waals surface area (Å²) in [4.78, 5) is 36.0. The van der Waals surface area contributed by atoms with Crippen LogP contribution in [0.4, 0.5) is 4.79 Å². The lowest BCUT2D eigenvalue weighted by molar-refractivity contribution is -0.138. The van der Waals surface area contributed by atoms with Gasteiger partial charge in [0.25, 0.3) is 0 Å². The van der Waals surface area contributed by atoms with Gasteiger partial charge in [-0.2, -0.15) is 0 Å². The number of carbonyl (C=O) groups is 3. The smallest absolute Gasteiger partial charge is 0.412 e. The van der Waals surface area contributed by atoms with Gasteiger partial charge in [0.05, 0.1) is 18.8 Å². The number of nitrogens with zero attached hydrogens (tertiary/aromatic N) is 1. The molecule has 1 aromatic rings. The Labute approximate surface area is 158 Å². The molecular weight excluding hydrogens is 350 g/mol. The summed E-state index contributed by atoms with van der Waals surface area (Å²) in [6, 6.07) is 6.47. The third-order valence-electron chi connectivity index (χ3n) is 4.44. The fraction of sp³-hybridized carbons (Fsp3) is 0.474. The molecule has 0 aliphatic carbocycles. The van der Waals surface area contributed by atoms with Crippen LogP contribution in [0.5, 0.6) is 0 Å². The van der Waals surface area contributed by atoms with Crippen molar-refractivity contribution in [2.45, 2.75) is 44.8 Å². The van der Waals surface area contributed by atoms with E-state index in [1.54, 1.807) is 36.1 Å². The zero-order valence-corrected chi connectivity index (χ0v) is 15.3. The van der Waals surface area contributed by atoms with Crippen molar-refractivity contribution < 1.29 is 24.2 Å². The first-order valence-corrected chi connectivity index (χ1v) is 8.97. The molecule has 1 aromatic carbocycles. The summed E-state index contributed by atoms with van der Waals surface area (Å²) in [5.74, 6) is -0.232. The molecule has 1 fully saturated rings. The second kappa shape index (κ2) is 9.82. The maximum atomic E-state index is 12.4. The predicted octanol–water partition coefficient (Wildman–Crippen LogP) is 2.20. The zero-order chi connectivity index (χ0) is 19.8. The number of rotatable bonds is 6. The van der Waals surface area contributed by atoms with Gasteiger partial charge in [-0.15, -0.1) is 0 Å². The molecule has 8 heteroatoms. The van der Waals surface area contributed by atoms with Crippen molar-refractivity contribution in [1.82, 2.24) is 10.2 Å². The van der Waals surface area contributed by atoms with Crippen LogP contribution in [0.1, 0.15) is 49.8 Å². The number of amides is 2. The van der Waals surface area contributed by atoms with E-state index < -0.39 is 12.2 Å². The topological polar surface area (TPSA) is 119 Å². The molecule has 0 spiro atoms. The van der Waals surface area contributed by atoms with Gasteiger partial charge in [-0.3, -0.25) is 15.5 Å². The number of hydrogen-bond donors (Lipinski definition) is 2. The van der Waals surface area contributed by atoms with E-state index in [2.05, 4.69) is 5.32 Å². The van der Waals surface area contributed by atoms with Crippen molar-refractivity contribution >= 4 is 24.1 Å². The maximum absolute atomic E-state index is 12.4. The normalized spacial score (nSPS) is 19.3. The van der Waals surface area contributed by atoms with Crippen molar-refractivity contribution in [3.63, 3.8) is 0 Å². The van der Waals surface area contributed by atoms with Crippen LogP contribution < -0.4 is 5.32 Å². The Balaban J connectivity index is 2.12. The minimum absolute atomic E-state index is 0.0933. The standard InChI is InChI=1S/C19H24N3O5/c1-2-27-19(26)21-18(20)14-7-5-13(6-8-14)16-12-15(24)9-10-22(16)17(25)4-3-11-23/h5-8,11,15-16H,2-4,9-10,12H2,1H3,(H2,20,21,26). The van der Waals surface area contributed by atoms with Crippen molar-refractivity contribution in [2.24, 2.45) is 0 Å². The van der Waals surface area contributed by atoms with Crippen LogP contribution in [-0.4, -0.2) is 48.3 Å². The van der Waals surface area contributed by atoms with Gasteiger partial charge in [0.15, 0.2) is 0 Å². The Morgan fingerprint density at radius 3 is 2.67 bits per heavy atom. The molecule has 145 valence electrons. The van der Waals surface area contributed by atoms with E-state index in [0.717, 1.165) is 5.56 Å². The first-order valence-electron chi connectivity index (χ1n) is 8.97. The SMILES string of the molecule is CCOC(=O)NC(=N)c1ccc(C2CC([O])CCN2C(=O)CCC=O)cc1. The molecule has 2 rings (SSSR count). The molecule has 0 saturated carbocycles. The van der Waals surface area contributed by atoms with E-state index in [-0.39, 0.29) is 37.2 Å². The Morgan fingerprint density at radius 1 is 1.33 bits per heavy atom. The number of likely N-dealkylation sites (tertiary alicyclic amines) is 1. The molecule has 1 aliphatic heterocycles. The van der Waals surface area contributed by atoms with Gasteiger partial charge in [0.2, 0.25) is 5.91 Å². The van der Waals surface area contributed by atoms with Gasteiger partial charge < -0.3 is 14.4 Å². The van der Waals surface area contributed by atoms with Crippen molar-refractivity contribution in [1.29, 1.82) is 5.41 Å². The van der Waals surface area contributed by atoms with Crippen molar-refractivity contribution in [2.75, 3.05) is 13.2 Å². The van der Waals surface area contributed by atoms with Crippen LogP contribution in [0.15, 0.2) is 24.3 Å². The quantitative estimate of drug-likeness (QED) is 0.450. The summed E-state index contributed by atoms with van der Waals surface area (Å²) in [6.07, 6.45) is 0.284. The summed E-state index contributed by atoms with van der Waals surface area (Å²) < 4.78 is 4.74. The molecule has 2 amide bonds. The van der Waals surface area contributed by atoms with Crippen LogP contribution in [0.3, 0.4) is 0 Å². The summed E-state index contributed by atoms with van der Waals surface area (Å²) >= 11 is 0. The van der Waals surface area contributed by atoms with Gasteiger partial charge in [-0.1, -0.05) is 24.3 Å². The Kier molecular flexibility index (Phi) is 7.48.